The van der Waals surface area contributed by atoms with Crippen LogP contribution in [0.25, 0.3) is 10.9 Å². The predicted molar refractivity (Wildman–Crippen MR) is 107 cm³/mol. The van der Waals surface area contributed by atoms with Crippen molar-refractivity contribution in [1.82, 2.24) is 9.88 Å². The van der Waals surface area contributed by atoms with E-state index in [0.29, 0.717) is 22.2 Å². The summed E-state index contributed by atoms with van der Waals surface area (Å²) in [5.41, 5.74) is 4.10. The highest BCUT2D eigenvalue weighted by Crippen LogP contribution is 2.39. The Balaban J connectivity index is 1.79. The second kappa shape index (κ2) is 6.64. The van der Waals surface area contributed by atoms with Gasteiger partial charge < -0.3 is 9.88 Å². The van der Waals surface area contributed by atoms with Crippen molar-refractivity contribution in [2.24, 2.45) is 5.92 Å². The van der Waals surface area contributed by atoms with Crippen LogP contribution in [-0.2, 0) is 6.42 Å². The molecule has 3 aromatic rings. The molecule has 5 heteroatoms. The van der Waals surface area contributed by atoms with Crippen LogP contribution in [0.4, 0.5) is 0 Å². The maximum absolute atomic E-state index is 13.3. The Bertz CT molecular complexity index is 993. The summed E-state index contributed by atoms with van der Waals surface area (Å²) >= 11 is 12.3. The number of nitrogens with one attached hydrogen (secondary N) is 1. The van der Waals surface area contributed by atoms with Crippen LogP contribution >= 0.6 is 23.2 Å². The lowest BCUT2D eigenvalue weighted by molar-refractivity contribution is 0.0598. The normalized spacial score (nSPS) is 17.0. The highest BCUT2D eigenvalue weighted by atomic mass is 35.5. The third kappa shape index (κ3) is 2.80. The smallest absolute Gasteiger partial charge is 0.255 e. The van der Waals surface area contributed by atoms with Crippen molar-refractivity contribution in [2.75, 3.05) is 6.54 Å². The number of nitrogens with zero attached hydrogens (tertiary/aromatic N) is 1. The van der Waals surface area contributed by atoms with Crippen LogP contribution in [-0.4, -0.2) is 22.3 Å². The quantitative estimate of drug-likeness (QED) is 0.587. The molecule has 1 aliphatic rings. The van der Waals surface area contributed by atoms with Crippen molar-refractivity contribution >= 4 is 40.0 Å². The average molecular weight is 387 g/mol. The molecule has 0 radical (unpaired) electrons. The summed E-state index contributed by atoms with van der Waals surface area (Å²) < 4.78 is 0. The molecule has 0 unspecified atom stereocenters. The summed E-state index contributed by atoms with van der Waals surface area (Å²) in [4.78, 5) is 18.8. The van der Waals surface area contributed by atoms with E-state index < -0.39 is 0 Å². The van der Waals surface area contributed by atoms with E-state index in [1.165, 1.54) is 10.9 Å². The van der Waals surface area contributed by atoms with Crippen LogP contribution in [0.15, 0.2) is 42.5 Å². The van der Waals surface area contributed by atoms with E-state index >= 15 is 0 Å². The summed E-state index contributed by atoms with van der Waals surface area (Å²) in [7, 11) is 0. The van der Waals surface area contributed by atoms with Crippen molar-refractivity contribution in [1.29, 1.82) is 0 Å². The molecule has 1 amide bonds. The monoisotopic (exact) mass is 386 g/mol. The van der Waals surface area contributed by atoms with Gasteiger partial charge in [-0.15, -0.1) is 0 Å². The Labute approximate surface area is 162 Å². The first-order valence-electron chi connectivity index (χ1n) is 8.83. The van der Waals surface area contributed by atoms with E-state index in [1.54, 1.807) is 18.2 Å². The van der Waals surface area contributed by atoms with E-state index in [0.717, 1.165) is 17.6 Å². The van der Waals surface area contributed by atoms with Gasteiger partial charge in [0.25, 0.3) is 5.91 Å². The first kappa shape index (κ1) is 17.4. The van der Waals surface area contributed by atoms with Crippen LogP contribution in [0, 0.1) is 5.92 Å². The standard InChI is InChI=1S/C21H20Cl2N2O/c1-12(2)20-19-15(14-5-3-4-6-18(14)24-19)9-10-25(20)21(26)16-8-7-13(22)11-17(16)23/h3-8,11-12,20,24H,9-10H2,1-2H3/t20-/m0/s1. The van der Waals surface area contributed by atoms with Gasteiger partial charge in [0.05, 0.1) is 16.6 Å². The lowest BCUT2D eigenvalue weighted by Crippen LogP contribution is -2.42. The molecule has 0 saturated heterocycles. The average Bonchev–Trinajstić information content (AvgIpc) is 2.98. The second-order valence-electron chi connectivity index (χ2n) is 7.12. The number of aromatic amines is 1. The number of amides is 1. The van der Waals surface area contributed by atoms with Crippen LogP contribution in [0.2, 0.25) is 10.0 Å². The number of carbonyl (C=O) groups excluding carboxylic acids is 1. The van der Waals surface area contributed by atoms with Crippen molar-refractivity contribution < 1.29 is 4.79 Å². The number of H-pyrrole nitrogens is 1. The fraction of sp³-hybridized carbons (Fsp3) is 0.286. The number of rotatable bonds is 2. The van der Waals surface area contributed by atoms with Crippen LogP contribution in [0.3, 0.4) is 0 Å². The number of hydrogen-bond acceptors (Lipinski definition) is 1. The Hall–Kier alpha value is -1.97. The van der Waals surface area contributed by atoms with Crippen LogP contribution < -0.4 is 0 Å². The summed E-state index contributed by atoms with van der Waals surface area (Å²) in [6.45, 7) is 4.97. The topological polar surface area (TPSA) is 36.1 Å². The highest BCUT2D eigenvalue weighted by Gasteiger charge is 2.36. The number of halogens is 2. The lowest BCUT2D eigenvalue weighted by atomic mass is 9.90. The molecule has 3 nitrogen and oxygen atoms in total. The zero-order chi connectivity index (χ0) is 18.4. The SMILES string of the molecule is CC(C)[C@H]1c2[nH]c3ccccc3c2CCN1C(=O)c1ccc(Cl)cc1Cl. The van der Waals surface area contributed by atoms with Gasteiger partial charge in [0, 0.05) is 28.2 Å². The lowest BCUT2D eigenvalue weighted by Gasteiger charge is -2.38. The molecule has 134 valence electrons. The molecule has 2 aromatic carbocycles. The number of para-hydroxylation sites is 1. The second-order valence-corrected chi connectivity index (χ2v) is 7.97. The van der Waals surface area contributed by atoms with Gasteiger partial charge in [-0.2, -0.15) is 0 Å². The van der Waals surface area contributed by atoms with Crippen molar-refractivity contribution in [3.63, 3.8) is 0 Å². The van der Waals surface area contributed by atoms with E-state index in [1.807, 2.05) is 11.0 Å². The van der Waals surface area contributed by atoms with Crippen molar-refractivity contribution in [3.8, 4) is 0 Å². The molecule has 0 fully saturated rings. The third-order valence-corrected chi connectivity index (χ3v) is 5.68. The maximum Gasteiger partial charge on any atom is 0.255 e. The number of fused-ring (bicyclic) bond motifs is 3. The Morgan fingerprint density at radius 2 is 1.96 bits per heavy atom. The Kier molecular flexibility index (Phi) is 4.45. The number of aromatic nitrogens is 1. The Morgan fingerprint density at radius 3 is 2.69 bits per heavy atom. The summed E-state index contributed by atoms with van der Waals surface area (Å²) in [5.74, 6) is 0.229. The molecule has 4 rings (SSSR count). The largest absolute Gasteiger partial charge is 0.356 e. The van der Waals surface area contributed by atoms with Crippen LogP contribution in [0.5, 0.6) is 0 Å². The van der Waals surface area contributed by atoms with Gasteiger partial charge in [0.2, 0.25) is 0 Å². The molecule has 1 N–H and O–H groups in total. The minimum atomic E-state index is -0.0466. The van der Waals surface area contributed by atoms with E-state index in [-0.39, 0.29) is 17.9 Å². The fourth-order valence-electron chi connectivity index (χ4n) is 4.01. The molecule has 26 heavy (non-hydrogen) atoms. The van der Waals surface area contributed by atoms with E-state index in [2.05, 4.69) is 37.0 Å². The van der Waals surface area contributed by atoms with Gasteiger partial charge in [-0.1, -0.05) is 55.2 Å². The Morgan fingerprint density at radius 1 is 1.19 bits per heavy atom. The van der Waals surface area contributed by atoms with Gasteiger partial charge in [0.15, 0.2) is 0 Å². The number of carbonyl (C=O) groups is 1. The minimum Gasteiger partial charge on any atom is -0.356 e. The molecule has 0 spiro atoms. The van der Waals surface area contributed by atoms with Crippen molar-refractivity contribution in [3.05, 3.63) is 69.3 Å². The minimum absolute atomic E-state index is 0.00889. The summed E-state index contributed by atoms with van der Waals surface area (Å²) in [6.07, 6.45) is 0.833. The van der Waals surface area contributed by atoms with Gasteiger partial charge in [-0.3, -0.25) is 4.79 Å². The van der Waals surface area contributed by atoms with E-state index in [9.17, 15) is 4.79 Å². The number of hydrogen-bond donors (Lipinski definition) is 1. The maximum atomic E-state index is 13.3. The van der Waals surface area contributed by atoms with Crippen molar-refractivity contribution in [2.45, 2.75) is 26.3 Å². The van der Waals surface area contributed by atoms with Gasteiger partial charge in [-0.05, 0) is 42.2 Å². The summed E-state index contributed by atoms with van der Waals surface area (Å²) in [6, 6.07) is 13.4. The molecule has 2 heterocycles. The zero-order valence-electron chi connectivity index (χ0n) is 14.7. The van der Waals surface area contributed by atoms with Gasteiger partial charge in [-0.25, -0.2) is 0 Å². The number of benzene rings is 2. The molecule has 1 aromatic heterocycles. The summed E-state index contributed by atoms with van der Waals surface area (Å²) in [5, 5.41) is 2.18. The fourth-order valence-corrected chi connectivity index (χ4v) is 4.50. The molecular formula is C21H20Cl2N2O. The highest BCUT2D eigenvalue weighted by molar-refractivity contribution is 6.36. The first-order valence-corrected chi connectivity index (χ1v) is 9.58. The van der Waals surface area contributed by atoms with Gasteiger partial charge >= 0.3 is 0 Å². The van der Waals surface area contributed by atoms with E-state index in [4.69, 9.17) is 23.2 Å². The van der Waals surface area contributed by atoms with Crippen LogP contribution in [0.1, 0.15) is 41.5 Å². The molecule has 0 bridgehead atoms. The molecule has 0 aliphatic carbocycles. The molecular weight excluding hydrogens is 367 g/mol. The zero-order valence-corrected chi connectivity index (χ0v) is 16.2. The first-order chi connectivity index (χ1) is 12.5. The third-order valence-electron chi connectivity index (χ3n) is 5.13. The van der Waals surface area contributed by atoms with Gasteiger partial charge in [0.1, 0.15) is 0 Å². The molecule has 1 atom stereocenters. The predicted octanol–water partition coefficient (Wildman–Crippen LogP) is 5.87. The molecule has 1 aliphatic heterocycles. The molecule has 0 saturated carbocycles.